The summed E-state index contributed by atoms with van der Waals surface area (Å²) in [6.07, 6.45) is 7.35. The molecule has 0 radical (unpaired) electrons. The lowest BCUT2D eigenvalue weighted by Crippen LogP contribution is -1.97. The molecular weight excluding hydrogens is 174 g/mol. The maximum absolute atomic E-state index is 8.87. The largest absolute Gasteiger partial charge is 0.396 e. The predicted octanol–water partition coefficient (Wildman–Crippen LogP) is 2.16. The molecule has 2 heteroatoms. The summed E-state index contributed by atoms with van der Waals surface area (Å²) in [5, 5.41) is 8.87. The molecule has 2 N–H and O–H groups in total. The summed E-state index contributed by atoms with van der Waals surface area (Å²) < 4.78 is 0. The van der Waals surface area contributed by atoms with Crippen molar-refractivity contribution in [1.29, 1.82) is 0 Å². The summed E-state index contributed by atoms with van der Waals surface area (Å²) in [6.45, 7) is 2.42. The first kappa shape index (κ1) is 9.53. The van der Waals surface area contributed by atoms with E-state index in [2.05, 4.69) is 30.1 Å². The van der Waals surface area contributed by atoms with Crippen LogP contribution in [0.2, 0.25) is 0 Å². The van der Waals surface area contributed by atoms with E-state index in [0.29, 0.717) is 5.92 Å². The molecule has 14 heavy (non-hydrogen) atoms. The van der Waals surface area contributed by atoms with Crippen LogP contribution in [0.25, 0.3) is 0 Å². The van der Waals surface area contributed by atoms with E-state index in [4.69, 9.17) is 5.11 Å². The summed E-state index contributed by atoms with van der Waals surface area (Å²) >= 11 is 0. The van der Waals surface area contributed by atoms with Crippen LogP contribution < -0.4 is 0 Å². The van der Waals surface area contributed by atoms with Crippen LogP contribution in [0, 0.1) is 0 Å². The maximum Gasteiger partial charge on any atom is 0.0437 e. The third-order valence-electron chi connectivity index (χ3n) is 2.93. The van der Waals surface area contributed by atoms with Crippen LogP contribution in [0.3, 0.4) is 0 Å². The van der Waals surface area contributed by atoms with E-state index in [1.165, 1.54) is 17.0 Å². The van der Waals surface area contributed by atoms with E-state index in [-0.39, 0.29) is 6.61 Å². The van der Waals surface area contributed by atoms with Crippen LogP contribution in [-0.4, -0.2) is 16.7 Å². The lowest BCUT2D eigenvalue weighted by atomic mass is 10.0. The Balaban J connectivity index is 2.16. The Morgan fingerprint density at radius 3 is 2.93 bits per heavy atom. The summed E-state index contributed by atoms with van der Waals surface area (Å²) in [4.78, 5) is 3.46. The molecule has 2 nitrogen and oxygen atoms in total. The Bertz CT molecular complexity index is 313. The first-order valence-corrected chi connectivity index (χ1v) is 5.27. The van der Waals surface area contributed by atoms with E-state index in [1.807, 2.05) is 0 Å². The Morgan fingerprint density at radius 2 is 2.21 bits per heavy atom. The fourth-order valence-electron chi connectivity index (χ4n) is 1.96. The zero-order chi connectivity index (χ0) is 9.97. The van der Waals surface area contributed by atoms with Crippen LogP contribution in [0.1, 0.15) is 36.2 Å². The van der Waals surface area contributed by atoms with E-state index in [9.17, 15) is 0 Å². The second-order valence-corrected chi connectivity index (χ2v) is 4.02. The first-order valence-electron chi connectivity index (χ1n) is 5.27. The molecule has 0 fully saturated rings. The van der Waals surface area contributed by atoms with Gasteiger partial charge in [-0.25, -0.2) is 0 Å². The van der Waals surface area contributed by atoms with E-state index in [0.717, 1.165) is 19.3 Å². The monoisotopic (exact) mass is 191 g/mol. The lowest BCUT2D eigenvalue weighted by Gasteiger charge is -2.06. The topological polar surface area (TPSA) is 36.0 Å². The second-order valence-electron chi connectivity index (χ2n) is 4.02. The zero-order valence-electron chi connectivity index (χ0n) is 8.59. The molecule has 0 saturated heterocycles. The van der Waals surface area contributed by atoms with E-state index in [1.54, 1.807) is 0 Å². The van der Waals surface area contributed by atoms with Crippen LogP contribution in [0.5, 0.6) is 0 Å². The molecule has 0 unspecified atom stereocenters. The number of hydrogen-bond acceptors (Lipinski definition) is 1. The molecule has 1 aromatic rings. The van der Waals surface area contributed by atoms with Crippen molar-refractivity contribution in [2.24, 2.45) is 0 Å². The summed E-state index contributed by atoms with van der Waals surface area (Å²) in [7, 11) is 0. The van der Waals surface area contributed by atoms with Gasteiger partial charge in [0.05, 0.1) is 0 Å². The fraction of sp³-hybridized carbons (Fsp3) is 0.500. The highest BCUT2D eigenvalue weighted by atomic mass is 16.3. The third-order valence-corrected chi connectivity index (χ3v) is 2.93. The van der Waals surface area contributed by atoms with Crippen LogP contribution in [-0.2, 0) is 12.8 Å². The van der Waals surface area contributed by atoms with Gasteiger partial charge in [0.15, 0.2) is 0 Å². The van der Waals surface area contributed by atoms with Gasteiger partial charge in [0, 0.05) is 24.4 Å². The molecule has 0 amide bonds. The number of hydrogen-bond donors (Lipinski definition) is 2. The molecule has 76 valence electrons. The number of rotatable bonds is 3. The van der Waals surface area contributed by atoms with Gasteiger partial charge in [-0.3, -0.25) is 0 Å². The number of aromatic nitrogens is 1. The van der Waals surface area contributed by atoms with Gasteiger partial charge in [0.1, 0.15) is 0 Å². The van der Waals surface area contributed by atoms with Gasteiger partial charge < -0.3 is 10.1 Å². The van der Waals surface area contributed by atoms with Crippen LogP contribution >= 0.6 is 0 Å². The molecule has 1 aliphatic carbocycles. The summed E-state index contributed by atoms with van der Waals surface area (Å²) in [5.74, 6) is 0.436. The van der Waals surface area contributed by atoms with Gasteiger partial charge in [-0.1, -0.05) is 19.1 Å². The second kappa shape index (κ2) is 4.01. The highest BCUT2D eigenvalue weighted by Gasteiger charge is 2.12. The molecule has 0 spiro atoms. The van der Waals surface area contributed by atoms with Crippen LogP contribution in [0.15, 0.2) is 18.2 Å². The third kappa shape index (κ3) is 1.75. The highest BCUT2D eigenvalue weighted by Crippen LogP contribution is 2.24. The molecular formula is C12H17NO. The van der Waals surface area contributed by atoms with Gasteiger partial charge in [-0.2, -0.15) is 0 Å². The van der Waals surface area contributed by atoms with Crippen molar-refractivity contribution in [1.82, 2.24) is 4.98 Å². The van der Waals surface area contributed by atoms with Crippen molar-refractivity contribution in [3.8, 4) is 0 Å². The zero-order valence-corrected chi connectivity index (χ0v) is 8.59. The summed E-state index contributed by atoms with van der Waals surface area (Å²) in [6, 6.07) is 2.25. The molecule has 0 bridgehead atoms. The van der Waals surface area contributed by atoms with Gasteiger partial charge in [0.2, 0.25) is 0 Å². The Hall–Kier alpha value is -1.02. The number of H-pyrrole nitrogens is 1. The van der Waals surface area contributed by atoms with Gasteiger partial charge >= 0.3 is 0 Å². The minimum Gasteiger partial charge on any atom is -0.396 e. The highest BCUT2D eigenvalue weighted by molar-refractivity contribution is 5.33. The smallest absolute Gasteiger partial charge is 0.0437 e. The minimum atomic E-state index is 0.267. The van der Waals surface area contributed by atoms with Gasteiger partial charge in [0.25, 0.3) is 0 Å². The average molecular weight is 191 g/mol. The number of aromatic amines is 1. The molecule has 0 aromatic carbocycles. The number of fused-ring (bicyclic) bond motifs is 1. The predicted molar refractivity (Wildman–Crippen MR) is 57.5 cm³/mol. The molecule has 0 aliphatic heterocycles. The van der Waals surface area contributed by atoms with Gasteiger partial charge in [-0.15, -0.1) is 0 Å². The number of allylic oxidation sites excluding steroid dienone is 2. The Kier molecular flexibility index (Phi) is 2.73. The van der Waals surface area contributed by atoms with E-state index >= 15 is 0 Å². The van der Waals surface area contributed by atoms with E-state index < -0.39 is 0 Å². The van der Waals surface area contributed by atoms with Crippen molar-refractivity contribution >= 4 is 0 Å². The van der Waals surface area contributed by atoms with Gasteiger partial charge in [-0.05, 0) is 30.4 Å². The molecule has 1 atom stereocenters. The summed E-state index contributed by atoms with van der Waals surface area (Å²) in [5.41, 5.74) is 4.05. The Labute approximate surface area is 84.7 Å². The number of nitrogens with one attached hydrogen (secondary N) is 1. The van der Waals surface area contributed by atoms with Crippen LogP contribution in [0.4, 0.5) is 0 Å². The molecule has 1 heterocycles. The van der Waals surface area contributed by atoms with Crippen molar-refractivity contribution in [3.05, 3.63) is 35.2 Å². The van der Waals surface area contributed by atoms with Crippen molar-refractivity contribution in [2.45, 2.75) is 32.1 Å². The normalized spacial score (nSPS) is 16.7. The quantitative estimate of drug-likeness (QED) is 0.706. The molecule has 2 rings (SSSR count). The Morgan fingerprint density at radius 1 is 1.43 bits per heavy atom. The molecule has 1 aliphatic rings. The van der Waals surface area contributed by atoms with Crippen molar-refractivity contribution in [3.63, 3.8) is 0 Å². The first-order chi connectivity index (χ1) is 6.81. The minimum absolute atomic E-state index is 0.267. The molecule has 0 saturated carbocycles. The maximum atomic E-state index is 8.87. The standard InChI is InChI=1S/C12H17NO/c1-9(6-7-14)12-8-10-4-2-3-5-11(10)13-12/h2-3,8-9,13-14H,4-7H2,1H3/t9-/m0/s1. The average Bonchev–Trinajstić information content (AvgIpc) is 2.61. The van der Waals surface area contributed by atoms with Crippen molar-refractivity contribution < 1.29 is 5.11 Å². The number of aliphatic hydroxyl groups is 1. The SMILES string of the molecule is C[C@@H](CCO)c1cc2c([nH]1)CC=CC2. The lowest BCUT2D eigenvalue weighted by molar-refractivity contribution is 0.278. The number of aliphatic hydroxyl groups excluding tert-OH is 1. The molecule has 1 aromatic heterocycles. The fourth-order valence-corrected chi connectivity index (χ4v) is 1.96. The van der Waals surface area contributed by atoms with Crippen molar-refractivity contribution in [2.75, 3.05) is 6.61 Å².